The molecular formula is C31H29Cl2FN4O3. The van der Waals surface area contributed by atoms with Crippen LogP contribution in [0.2, 0.25) is 10.0 Å². The van der Waals surface area contributed by atoms with E-state index in [1.807, 2.05) is 30.3 Å². The molecule has 1 N–H and O–H groups in total. The number of carbonyl (C=O) groups is 3. The molecule has 0 bridgehead atoms. The average molecular weight is 596 g/mol. The second kappa shape index (κ2) is 11.5. The fraction of sp³-hybridized carbons (Fsp3) is 0.323. The van der Waals surface area contributed by atoms with Crippen LogP contribution in [-0.2, 0) is 22.7 Å². The number of amides is 3. The number of nitrogens with one attached hydrogen (secondary N) is 1. The molecule has 6 rings (SSSR count). The van der Waals surface area contributed by atoms with Gasteiger partial charge in [-0.1, -0.05) is 53.5 Å². The van der Waals surface area contributed by atoms with Gasteiger partial charge < -0.3 is 4.90 Å². The van der Waals surface area contributed by atoms with Crippen LogP contribution in [-0.4, -0.2) is 64.6 Å². The van der Waals surface area contributed by atoms with Crippen molar-refractivity contribution >= 4 is 40.9 Å². The third kappa shape index (κ3) is 5.75. The van der Waals surface area contributed by atoms with Crippen molar-refractivity contribution < 1.29 is 18.8 Å². The summed E-state index contributed by atoms with van der Waals surface area (Å²) in [7, 11) is 0. The number of piperidine rings is 1. The highest BCUT2D eigenvalue weighted by Crippen LogP contribution is 2.33. The number of hydrogen-bond acceptors (Lipinski definition) is 5. The molecule has 7 nitrogen and oxygen atoms in total. The highest BCUT2D eigenvalue weighted by atomic mass is 35.5. The van der Waals surface area contributed by atoms with Crippen molar-refractivity contribution in [2.45, 2.75) is 38.0 Å². The Morgan fingerprint density at radius 3 is 2.07 bits per heavy atom. The Kier molecular flexibility index (Phi) is 7.83. The normalized spacial score (nSPS) is 20.0. The van der Waals surface area contributed by atoms with Gasteiger partial charge in [-0.25, -0.2) is 4.39 Å². The van der Waals surface area contributed by atoms with Crippen LogP contribution in [0.25, 0.3) is 0 Å². The largest absolute Gasteiger partial charge is 0.322 e. The summed E-state index contributed by atoms with van der Waals surface area (Å²) in [5.74, 6) is -1.92. The number of halogens is 3. The van der Waals surface area contributed by atoms with Crippen LogP contribution in [0.4, 0.5) is 4.39 Å². The molecule has 0 aromatic heterocycles. The van der Waals surface area contributed by atoms with Crippen molar-refractivity contribution in [1.29, 1.82) is 0 Å². The van der Waals surface area contributed by atoms with Gasteiger partial charge in [-0.05, 0) is 59.0 Å². The Morgan fingerprint density at radius 1 is 0.878 bits per heavy atom. The van der Waals surface area contributed by atoms with Gasteiger partial charge in [-0.3, -0.25) is 29.5 Å². The van der Waals surface area contributed by atoms with Crippen molar-refractivity contribution in [3.63, 3.8) is 0 Å². The number of piperazine rings is 1. The first-order chi connectivity index (χ1) is 19.8. The molecule has 0 saturated carbocycles. The molecule has 3 aromatic rings. The van der Waals surface area contributed by atoms with E-state index in [0.717, 1.165) is 42.9 Å². The summed E-state index contributed by atoms with van der Waals surface area (Å²) in [6.45, 7) is 3.91. The topological polar surface area (TPSA) is 73.0 Å². The number of hydrogen-bond donors (Lipinski definition) is 1. The summed E-state index contributed by atoms with van der Waals surface area (Å²) in [5, 5.41) is 3.67. The molecule has 10 heteroatoms. The maximum Gasteiger partial charge on any atom is 0.258 e. The Morgan fingerprint density at radius 2 is 1.49 bits per heavy atom. The molecule has 41 heavy (non-hydrogen) atoms. The van der Waals surface area contributed by atoms with Gasteiger partial charge in [0, 0.05) is 55.7 Å². The van der Waals surface area contributed by atoms with Crippen LogP contribution in [0.3, 0.4) is 0 Å². The van der Waals surface area contributed by atoms with Crippen LogP contribution in [0.1, 0.15) is 51.5 Å². The Hall–Kier alpha value is -3.30. The third-order valence-corrected chi connectivity index (χ3v) is 8.69. The predicted octanol–water partition coefficient (Wildman–Crippen LogP) is 4.80. The summed E-state index contributed by atoms with van der Waals surface area (Å²) >= 11 is 12.3. The van der Waals surface area contributed by atoms with Crippen LogP contribution < -0.4 is 5.32 Å². The van der Waals surface area contributed by atoms with Gasteiger partial charge in [0.05, 0.1) is 11.6 Å². The molecule has 0 spiro atoms. The quantitative estimate of drug-likeness (QED) is 0.415. The van der Waals surface area contributed by atoms with Crippen molar-refractivity contribution in [2.24, 2.45) is 0 Å². The molecule has 2 saturated heterocycles. The number of imide groups is 1. The van der Waals surface area contributed by atoms with Gasteiger partial charge >= 0.3 is 0 Å². The van der Waals surface area contributed by atoms with Gasteiger partial charge in [-0.15, -0.1) is 0 Å². The molecule has 1 unspecified atom stereocenters. The van der Waals surface area contributed by atoms with E-state index in [4.69, 9.17) is 23.2 Å². The minimum absolute atomic E-state index is 0.0250. The monoisotopic (exact) mass is 594 g/mol. The Labute approximate surface area is 247 Å². The van der Waals surface area contributed by atoms with E-state index in [9.17, 15) is 14.4 Å². The zero-order valence-corrected chi connectivity index (χ0v) is 23.8. The number of nitrogens with zero attached hydrogens (tertiary/aromatic N) is 3. The third-order valence-electron chi connectivity index (χ3n) is 8.18. The first-order valence-electron chi connectivity index (χ1n) is 13.7. The molecule has 212 valence electrons. The summed E-state index contributed by atoms with van der Waals surface area (Å²) in [6.07, 6.45) is 0.406. The zero-order chi connectivity index (χ0) is 28.7. The molecule has 1 atom stereocenters. The lowest BCUT2D eigenvalue weighted by atomic mass is 9.96. The number of fused-ring (bicyclic) bond motifs is 1. The second-order valence-electron chi connectivity index (χ2n) is 10.8. The van der Waals surface area contributed by atoms with Crippen molar-refractivity contribution in [3.05, 3.63) is 104 Å². The minimum Gasteiger partial charge on any atom is -0.322 e. The maximum atomic E-state index is 15.2. The predicted molar refractivity (Wildman–Crippen MR) is 154 cm³/mol. The van der Waals surface area contributed by atoms with E-state index in [1.54, 1.807) is 0 Å². The van der Waals surface area contributed by atoms with Crippen molar-refractivity contribution in [1.82, 2.24) is 20.0 Å². The van der Waals surface area contributed by atoms with E-state index in [-0.39, 0.29) is 36.9 Å². The first-order valence-corrected chi connectivity index (χ1v) is 14.5. The molecule has 3 amide bonds. The fourth-order valence-electron chi connectivity index (χ4n) is 6.15. The molecular weight excluding hydrogens is 566 g/mol. The number of rotatable bonds is 6. The minimum atomic E-state index is -0.766. The Balaban J connectivity index is 1.14. The highest BCUT2D eigenvalue weighted by molar-refractivity contribution is 6.30. The van der Waals surface area contributed by atoms with Crippen LogP contribution in [0, 0.1) is 5.82 Å². The molecule has 3 aromatic carbocycles. The SMILES string of the molecule is O=C1CCC(N2Cc3cc(CN4CCN(C(c5ccc(Cl)cc5)c5ccc(Cl)cc5)CC4)cc(F)c3C2=O)C(=O)N1. The first kappa shape index (κ1) is 27.8. The Bertz CT molecular complexity index is 1440. The fourth-order valence-corrected chi connectivity index (χ4v) is 6.41. The molecule has 0 radical (unpaired) electrons. The highest BCUT2D eigenvalue weighted by Gasteiger charge is 2.40. The summed E-state index contributed by atoms with van der Waals surface area (Å²) in [6, 6.07) is 18.4. The van der Waals surface area contributed by atoms with Crippen molar-refractivity contribution in [3.8, 4) is 0 Å². The lowest BCUT2D eigenvalue weighted by Gasteiger charge is -2.40. The van der Waals surface area contributed by atoms with Crippen LogP contribution >= 0.6 is 23.2 Å². The number of benzene rings is 3. The number of carbonyl (C=O) groups excluding carboxylic acids is 3. The molecule has 3 aliphatic rings. The summed E-state index contributed by atoms with van der Waals surface area (Å²) in [4.78, 5) is 43.0. The van der Waals surface area contributed by atoms with E-state index >= 15 is 4.39 Å². The van der Waals surface area contributed by atoms with Crippen LogP contribution in [0.5, 0.6) is 0 Å². The van der Waals surface area contributed by atoms with Gasteiger partial charge in [0.25, 0.3) is 5.91 Å². The van der Waals surface area contributed by atoms with E-state index in [1.165, 1.54) is 11.0 Å². The summed E-state index contributed by atoms with van der Waals surface area (Å²) in [5.41, 5.74) is 3.70. The smallest absolute Gasteiger partial charge is 0.258 e. The lowest BCUT2D eigenvalue weighted by molar-refractivity contribution is -0.136. The van der Waals surface area contributed by atoms with Crippen molar-refractivity contribution in [2.75, 3.05) is 26.2 Å². The lowest BCUT2D eigenvalue weighted by Crippen LogP contribution is -2.52. The standard InChI is InChI=1S/C31H29Cl2FN4O3/c32-23-5-1-20(2-6-23)29(21-3-7-24(33)8-4-21)37-13-11-36(12-14-37)17-19-15-22-18-38(31(41)28(22)25(34)16-19)26-9-10-27(39)35-30(26)40/h1-8,15-16,26,29H,9-14,17-18H2,(H,35,39,40). The zero-order valence-electron chi connectivity index (χ0n) is 22.3. The molecule has 0 aliphatic carbocycles. The van der Waals surface area contributed by atoms with E-state index in [2.05, 4.69) is 39.4 Å². The van der Waals surface area contributed by atoms with Gasteiger partial charge in [-0.2, -0.15) is 0 Å². The molecule has 2 fully saturated rings. The summed E-state index contributed by atoms with van der Waals surface area (Å²) < 4.78 is 15.2. The second-order valence-corrected chi connectivity index (χ2v) is 11.7. The maximum absolute atomic E-state index is 15.2. The average Bonchev–Trinajstić information content (AvgIpc) is 3.28. The van der Waals surface area contributed by atoms with Gasteiger partial charge in [0.15, 0.2) is 0 Å². The molecule has 3 aliphatic heterocycles. The van der Waals surface area contributed by atoms with Gasteiger partial charge in [0.2, 0.25) is 11.8 Å². The molecule has 3 heterocycles. The van der Waals surface area contributed by atoms with Gasteiger partial charge in [0.1, 0.15) is 11.9 Å². The van der Waals surface area contributed by atoms with E-state index < -0.39 is 23.7 Å². The van der Waals surface area contributed by atoms with Crippen LogP contribution in [0.15, 0.2) is 60.7 Å². The van der Waals surface area contributed by atoms with E-state index in [0.29, 0.717) is 22.2 Å².